The van der Waals surface area contributed by atoms with Gasteiger partial charge in [0.2, 0.25) is 5.78 Å². The summed E-state index contributed by atoms with van der Waals surface area (Å²) in [4.78, 5) is 30.6. The molecule has 0 unspecified atom stereocenters. The molecule has 0 spiro atoms. The van der Waals surface area contributed by atoms with Gasteiger partial charge in [-0.2, -0.15) is 4.98 Å². The van der Waals surface area contributed by atoms with Gasteiger partial charge in [0, 0.05) is 31.3 Å². The Hall–Kier alpha value is -2.61. The third kappa shape index (κ3) is 2.84. The van der Waals surface area contributed by atoms with Gasteiger partial charge in [0.05, 0.1) is 5.69 Å². The predicted octanol–water partition coefficient (Wildman–Crippen LogP) is 4.33. The van der Waals surface area contributed by atoms with Crippen LogP contribution >= 0.6 is 15.9 Å². The first-order valence-corrected chi connectivity index (χ1v) is 13.0. The van der Waals surface area contributed by atoms with Crippen LogP contribution in [0, 0.1) is 23.2 Å². The SMILES string of the molecule is Cn1c(=O)c2c(nc3n(CC45CC6CC(CC(C6)C4)C5)c(-c4ccc(Br)cc4)cn23)n(C)c1=O. The van der Waals surface area contributed by atoms with E-state index in [-0.39, 0.29) is 11.2 Å². The fraction of sp³-hybridized carbons (Fsp3) is 0.500. The number of imidazole rings is 2. The van der Waals surface area contributed by atoms with E-state index in [2.05, 4.69) is 44.8 Å². The molecule has 4 aliphatic carbocycles. The number of aryl methyl sites for hydroxylation is 1. The molecule has 34 heavy (non-hydrogen) atoms. The van der Waals surface area contributed by atoms with Crippen molar-refractivity contribution >= 4 is 32.9 Å². The van der Waals surface area contributed by atoms with Crippen molar-refractivity contribution in [3.63, 3.8) is 0 Å². The lowest BCUT2D eigenvalue weighted by Crippen LogP contribution is -2.48. The third-order valence-corrected chi connectivity index (χ3v) is 9.38. The molecular formula is C26H28BrN5O2. The summed E-state index contributed by atoms with van der Waals surface area (Å²) in [6, 6.07) is 8.35. The van der Waals surface area contributed by atoms with Crippen molar-refractivity contribution in [2.45, 2.75) is 45.1 Å². The number of hydrogen-bond acceptors (Lipinski definition) is 3. The summed E-state index contributed by atoms with van der Waals surface area (Å²) in [5.74, 6) is 3.34. The van der Waals surface area contributed by atoms with Crippen molar-refractivity contribution in [3.8, 4) is 11.3 Å². The Morgan fingerprint density at radius 2 is 1.59 bits per heavy atom. The molecule has 4 aromatic rings. The van der Waals surface area contributed by atoms with Gasteiger partial charge >= 0.3 is 5.69 Å². The second-order valence-electron chi connectivity index (χ2n) is 11.2. The minimum absolute atomic E-state index is 0.299. The summed E-state index contributed by atoms with van der Waals surface area (Å²) >= 11 is 3.55. The number of hydrogen-bond donors (Lipinski definition) is 0. The van der Waals surface area contributed by atoms with E-state index in [1.807, 2.05) is 10.6 Å². The van der Waals surface area contributed by atoms with Gasteiger partial charge in [-0.05, 0) is 79.4 Å². The topological polar surface area (TPSA) is 66.2 Å². The summed E-state index contributed by atoms with van der Waals surface area (Å²) in [5, 5.41) is 0. The Morgan fingerprint density at radius 3 is 2.21 bits per heavy atom. The quantitative estimate of drug-likeness (QED) is 0.402. The van der Waals surface area contributed by atoms with Crippen LogP contribution in [0.15, 0.2) is 44.5 Å². The van der Waals surface area contributed by atoms with Gasteiger partial charge in [-0.3, -0.25) is 18.3 Å². The van der Waals surface area contributed by atoms with Gasteiger partial charge < -0.3 is 4.57 Å². The average molecular weight is 522 g/mol. The van der Waals surface area contributed by atoms with Crippen LogP contribution in [0.1, 0.15) is 38.5 Å². The highest BCUT2D eigenvalue weighted by molar-refractivity contribution is 9.10. The molecule has 1 aromatic carbocycles. The molecule has 0 amide bonds. The molecule has 0 N–H and O–H groups in total. The van der Waals surface area contributed by atoms with Gasteiger partial charge in [0.1, 0.15) is 0 Å². The molecule has 8 rings (SSSR count). The lowest BCUT2D eigenvalue weighted by atomic mass is 9.49. The largest absolute Gasteiger partial charge is 0.332 e. The molecule has 176 valence electrons. The number of halogens is 1. The molecule has 3 aromatic heterocycles. The number of aromatic nitrogens is 5. The Morgan fingerprint density at radius 1 is 0.971 bits per heavy atom. The second-order valence-corrected chi connectivity index (χ2v) is 12.1. The zero-order chi connectivity index (χ0) is 23.4. The maximum Gasteiger partial charge on any atom is 0.332 e. The highest BCUT2D eigenvalue weighted by atomic mass is 79.9. The molecular weight excluding hydrogens is 494 g/mol. The Bertz CT molecular complexity index is 1550. The number of fused-ring (bicyclic) bond motifs is 3. The Kier molecular flexibility index (Phi) is 4.25. The van der Waals surface area contributed by atoms with Crippen LogP contribution in [0.5, 0.6) is 0 Å². The van der Waals surface area contributed by atoms with Crippen LogP contribution in [0.2, 0.25) is 0 Å². The van der Waals surface area contributed by atoms with Gasteiger partial charge in [-0.1, -0.05) is 28.1 Å². The second kappa shape index (κ2) is 6.97. The van der Waals surface area contributed by atoms with Gasteiger partial charge in [-0.15, -0.1) is 0 Å². The standard InChI is InChI=1S/C26H28BrN5O2/c1-29-22-21(23(33)30(2)25(29)34)31-13-20(18-3-5-19(27)6-4-18)32(24(31)28-22)14-26-10-15-7-16(11-26)9-17(8-15)12-26/h3-6,13,15-17H,7-12,14H2,1-2H3. The van der Waals surface area contributed by atoms with E-state index in [0.717, 1.165) is 45.8 Å². The van der Waals surface area contributed by atoms with E-state index in [9.17, 15) is 9.59 Å². The van der Waals surface area contributed by atoms with Crippen molar-refractivity contribution in [1.82, 2.24) is 23.1 Å². The fourth-order valence-corrected chi connectivity index (χ4v) is 8.11. The minimum atomic E-state index is -0.348. The Balaban J connectivity index is 1.48. The molecule has 7 nitrogen and oxygen atoms in total. The number of benzene rings is 1. The van der Waals surface area contributed by atoms with Crippen LogP contribution in [0.4, 0.5) is 0 Å². The molecule has 4 fully saturated rings. The van der Waals surface area contributed by atoms with Gasteiger partial charge in [0.15, 0.2) is 11.2 Å². The minimum Gasteiger partial charge on any atom is -0.309 e. The molecule has 4 saturated carbocycles. The maximum atomic E-state index is 13.2. The van der Waals surface area contributed by atoms with Crippen molar-refractivity contribution in [2.24, 2.45) is 37.3 Å². The number of nitrogens with zero attached hydrogens (tertiary/aromatic N) is 5. The smallest absolute Gasteiger partial charge is 0.309 e. The summed E-state index contributed by atoms with van der Waals surface area (Å²) in [7, 11) is 3.22. The fourth-order valence-electron chi connectivity index (χ4n) is 7.84. The molecule has 0 atom stereocenters. The van der Waals surface area contributed by atoms with Crippen molar-refractivity contribution in [1.29, 1.82) is 0 Å². The van der Waals surface area contributed by atoms with Crippen LogP contribution in [0.25, 0.3) is 28.2 Å². The molecule has 4 bridgehead atoms. The zero-order valence-electron chi connectivity index (χ0n) is 19.5. The third-order valence-electron chi connectivity index (χ3n) is 8.86. The van der Waals surface area contributed by atoms with Crippen LogP contribution in [-0.4, -0.2) is 23.1 Å². The first kappa shape index (κ1) is 20.7. The lowest BCUT2D eigenvalue weighted by Gasteiger charge is -2.57. The molecule has 0 radical (unpaired) electrons. The number of rotatable bonds is 3. The van der Waals surface area contributed by atoms with Crippen molar-refractivity contribution in [2.75, 3.05) is 0 Å². The summed E-state index contributed by atoms with van der Waals surface area (Å²) < 4.78 is 7.94. The lowest BCUT2D eigenvalue weighted by molar-refractivity contribution is -0.0612. The highest BCUT2D eigenvalue weighted by Gasteiger charge is 2.51. The van der Waals surface area contributed by atoms with Gasteiger partial charge in [-0.25, -0.2) is 4.79 Å². The molecule has 8 heteroatoms. The molecule has 0 aliphatic heterocycles. The first-order chi connectivity index (χ1) is 16.3. The van der Waals surface area contributed by atoms with Crippen molar-refractivity contribution in [3.05, 3.63) is 55.8 Å². The predicted molar refractivity (Wildman–Crippen MR) is 135 cm³/mol. The average Bonchev–Trinajstić information content (AvgIpc) is 3.33. The monoisotopic (exact) mass is 521 g/mol. The van der Waals surface area contributed by atoms with E-state index in [1.54, 1.807) is 7.05 Å². The Labute approximate surface area is 205 Å². The van der Waals surface area contributed by atoms with E-state index >= 15 is 0 Å². The summed E-state index contributed by atoms with van der Waals surface area (Å²) in [5.41, 5.74) is 2.73. The van der Waals surface area contributed by atoms with Crippen LogP contribution < -0.4 is 11.2 Å². The first-order valence-electron chi connectivity index (χ1n) is 12.3. The molecule has 3 heterocycles. The highest BCUT2D eigenvalue weighted by Crippen LogP contribution is 2.60. The van der Waals surface area contributed by atoms with E-state index in [1.165, 1.54) is 54.7 Å². The summed E-state index contributed by atoms with van der Waals surface area (Å²) in [6.07, 6.45) is 10.2. The zero-order valence-corrected chi connectivity index (χ0v) is 21.1. The van der Waals surface area contributed by atoms with Crippen molar-refractivity contribution < 1.29 is 0 Å². The molecule has 0 saturated heterocycles. The summed E-state index contributed by atoms with van der Waals surface area (Å²) in [6.45, 7) is 0.913. The normalized spacial score (nSPS) is 27.9. The maximum absolute atomic E-state index is 13.2. The van der Waals surface area contributed by atoms with E-state index < -0.39 is 0 Å². The molecule has 4 aliphatic rings. The van der Waals surface area contributed by atoms with Crippen LogP contribution in [0.3, 0.4) is 0 Å². The van der Waals surface area contributed by atoms with Crippen LogP contribution in [-0.2, 0) is 20.6 Å². The van der Waals surface area contributed by atoms with E-state index in [0.29, 0.717) is 16.6 Å². The van der Waals surface area contributed by atoms with E-state index in [4.69, 9.17) is 4.98 Å². The van der Waals surface area contributed by atoms with Gasteiger partial charge in [0.25, 0.3) is 5.56 Å².